The van der Waals surface area contributed by atoms with Gasteiger partial charge in [-0.2, -0.15) is 0 Å². The van der Waals surface area contributed by atoms with E-state index in [2.05, 4.69) is 0 Å². The number of rotatable bonds is 2. The number of ether oxygens (including phenoxy) is 1. The quantitative estimate of drug-likeness (QED) is 0.626. The van der Waals surface area contributed by atoms with Crippen LogP contribution in [0.25, 0.3) is 0 Å². The summed E-state index contributed by atoms with van der Waals surface area (Å²) in [5, 5.41) is 8.57. The summed E-state index contributed by atoms with van der Waals surface area (Å²) in [6, 6.07) is 0. The summed E-state index contributed by atoms with van der Waals surface area (Å²) >= 11 is 0. The molecule has 0 aliphatic heterocycles. The van der Waals surface area contributed by atoms with Gasteiger partial charge in [0, 0.05) is 7.11 Å². The van der Waals surface area contributed by atoms with Crippen molar-refractivity contribution in [2.45, 2.75) is 25.4 Å². The van der Waals surface area contributed by atoms with Gasteiger partial charge < -0.3 is 9.84 Å². The highest BCUT2D eigenvalue weighted by Gasteiger charge is 2.29. The van der Waals surface area contributed by atoms with Crippen LogP contribution in [0.3, 0.4) is 0 Å². The van der Waals surface area contributed by atoms with Gasteiger partial charge in [-0.15, -0.1) is 0 Å². The maximum atomic E-state index is 10.4. The lowest BCUT2D eigenvalue weighted by Crippen LogP contribution is -2.11. The third-order valence-electron chi connectivity index (χ3n) is 2.07. The van der Waals surface area contributed by atoms with Gasteiger partial charge in [-0.05, 0) is 19.3 Å². The number of carboxylic acid groups (broad SMARTS) is 1. The number of hydrogen-bond acceptors (Lipinski definition) is 2. The van der Waals surface area contributed by atoms with Crippen LogP contribution in [0, 0.1) is 5.92 Å². The molecule has 1 rings (SSSR count). The zero-order valence-electron chi connectivity index (χ0n) is 6.04. The van der Waals surface area contributed by atoms with Crippen LogP contribution in [0.4, 0.5) is 0 Å². The average molecular weight is 144 g/mol. The van der Waals surface area contributed by atoms with Gasteiger partial charge in [0.2, 0.25) is 0 Å². The summed E-state index contributed by atoms with van der Waals surface area (Å²) in [5.41, 5.74) is 0. The van der Waals surface area contributed by atoms with E-state index in [-0.39, 0.29) is 12.0 Å². The van der Waals surface area contributed by atoms with E-state index in [1.54, 1.807) is 7.11 Å². The molecule has 0 bridgehead atoms. The first-order chi connectivity index (χ1) is 4.74. The molecule has 0 saturated heterocycles. The van der Waals surface area contributed by atoms with Crippen molar-refractivity contribution in [1.29, 1.82) is 0 Å². The Bertz CT molecular complexity index is 133. The molecule has 2 atom stereocenters. The van der Waals surface area contributed by atoms with Crippen molar-refractivity contribution in [2.24, 2.45) is 5.92 Å². The first-order valence-electron chi connectivity index (χ1n) is 3.49. The number of carbonyl (C=O) groups is 1. The van der Waals surface area contributed by atoms with Crippen molar-refractivity contribution in [3.8, 4) is 0 Å². The molecule has 0 unspecified atom stereocenters. The lowest BCUT2D eigenvalue weighted by Gasteiger charge is -2.04. The molecule has 0 spiro atoms. The molecule has 1 aliphatic rings. The van der Waals surface area contributed by atoms with Crippen LogP contribution in [-0.2, 0) is 9.53 Å². The Balaban J connectivity index is 2.35. The van der Waals surface area contributed by atoms with Crippen LogP contribution >= 0.6 is 0 Å². The van der Waals surface area contributed by atoms with Crippen molar-refractivity contribution >= 4 is 5.97 Å². The van der Waals surface area contributed by atoms with Gasteiger partial charge in [-0.3, -0.25) is 4.79 Å². The topological polar surface area (TPSA) is 46.5 Å². The molecule has 1 N–H and O–H groups in total. The molecule has 0 radical (unpaired) electrons. The summed E-state index contributed by atoms with van der Waals surface area (Å²) < 4.78 is 5.03. The maximum Gasteiger partial charge on any atom is 0.306 e. The molecule has 0 aromatic heterocycles. The van der Waals surface area contributed by atoms with Crippen molar-refractivity contribution in [2.75, 3.05) is 7.11 Å². The second-order valence-electron chi connectivity index (χ2n) is 2.71. The van der Waals surface area contributed by atoms with E-state index in [0.717, 1.165) is 12.8 Å². The van der Waals surface area contributed by atoms with Crippen LogP contribution in [0.1, 0.15) is 19.3 Å². The molecule has 0 aromatic rings. The lowest BCUT2D eigenvalue weighted by atomic mass is 10.1. The Morgan fingerprint density at radius 1 is 1.60 bits per heavy atom. The highest BCUT2D eigenvalue weighted by atomic mass is 16.5. The van der Waals surface area contributed by atoms with Crippen molar-refractivity contribution in [3.05, 3.63) is 0 Å². The zero-order valence-corrected chi connectivity index (χ0v) is 6.04. The summed E-state index contributed by atoms with van der Waals surface area (Å²) in [4.78, 5) is 10.4. The fraction of sp³-hybridized carbons (Fsp3) is 0.857. The van der Waals surface area contributed by atoms with E-state index >= 15 is 0 Å². The monoisotopic (exact) mass is 144 g/mol. The predicted molar refractivity (Wildman–Crippen MR) is 35.8 cm³/mol. The number of hydrogen-bond donors (Lipinski definition) is 1. The van der Waals surface area contributed by atoms with Gasteiger partial charge in [0.25, 0.3) is 0 Å². The standard InChI is InChI=1S/C7H12O3/c1-10-6-3-2-5(4-6)7(8)9/h5-6H,2-4H2,1H3,(H,8,9)/t5-,6+/m1/s1. The van der Waals surface area contributed by atoms with Crippen LogP contribution in [0.5, 0.6) is 0 Å². The second-order valence-corrected chi connectivity index (χ2v) is 2.71. The van der Waals surface area contributed by atoms with Gasteiger partial charge in [0.05, 0.1) is 12.0 Å². The first-order valence-corrected chi connectivity index (χ1v) is 3.49. The predicted octanol–water partition coefficient (Wildman–Crippen LogP) is 0.886. The molecule has 1 saturated carbocycles. The van der Waals surface area contributed by atoms with E-state index < -0.39 is 5.97 Å². The molecule has 1 fully saturated rings. The minimum atomic E-state index is -0.681. The molecule has 0 aromatic carbocycles. The molecule has 3 nitrogen and oxygen atoms in total. The normalized spacial score (nSPS) is 32.5. The Morgan fingerprint density at radius 3 is 2.60 bits per heavy atom. The minimum absolute atomic E-state index is 0.162. The summed E-state index contributed by atoms with van der Waals surface area (Å²) in [5.74, 6) is -0.843. The largest absolute Gasteiger partial charge is 0.481 e. The highest BCUT2D eigenvalue weighted by molar-refractivity contribution is 5.70. The van der Waals surface area contributed by atoms with Crippen LogP contribution in [0.2, 0.25) is 0 Å². The summed E-state index contributed by atoms with van der Waals surface area (Å²) in [7, 11) is 1.63. The van der Waals surface area contributed by atoms with Crippen molar-refractivity contribution in [1.82, 2.24) is 0 Å². The number of methoxy groups -OCH3 is 1. The van der Waals surface area contributed by atoms with E-state index in [1.807, 2.05) is 0 Å². The lowest BCUT2D eigenvalue weighted by molar-refractivity contribution is -0.141. The molecule has 3 heteroatoms. The van der Waals surface area contributed by atoms with E-state index in [9.17, 15) is 4.79 Å². The minimum Gasteiger partial charge on any atom is -0.481 e. The molecule has 10 heavy (non-hydrogen) atoms. The molecular formula is C7H12O3. The smallest absolute Gasteiger partial charge is 0.306 e. The molecule has 0 amide bonds. The zero-order chi connectivity index (χ0) is 7.56. The van der Waals surface area contributed by atoms with Crippen LogP contribution in [-0.4, -0.2) is 24.3 Å². The summed E-state index contributed by atoms with van der Waals surface area (Å²) in [6.45, 7) is 0. The Hall–Kier alpha value is -0.570. The fourth-order valence-electron chi connectivity index (χ4n) is 1.38. The van der Waals surface area contributed by atoms with Crippen LogP contribution < -0.4 is 0 Å². The van der Waals surface area contributed by atoms with Crippen molar-refractivity contribution < 1.29 is 14.6 Å². The van der Waals surface area contributed by atoms with Gasteiger partial charge in [-0.25, -0.2) is 0 Å². The Labute approximate surface area is 60.0 Å². The molecule has 1 aliphatic carbocycles. The molecule has 0 heterocycles. The van der Waals surface area contributed by atoms with E-state index in [0.29, 0.717) is 6.42 Å². The molecular weight excluding hydrogens is 132 g/mol. The van der Waals surface area contributed by atoms with Crippen LogP contribution in [0.15, 0.2) is 0 Å². The van der Waals surface area contributed by atoms with Gasteiger partial charge in [0.15, 0.2) is 0 Å². The second kappa shape index (κ2) is 3.01. The van der Waals surface area contributed by atoms with Gasteiger partial charge >= 0.3 is 5.97 Å². The first kappa shape index (κ1) is 7.54. The Kier molecular flexibility index (Phi) is 2.27. The highest BCUT2D eigenvalue weighted by Crippen LogP contribution is 2.27. The maximum absolute atomic E-state index is 10.4. The van der Waals surface area contributed by atoms with Gasteiger partial charge in [0.1, 0.15) is 0 Å². The fourth-order valence-corrected chi connectivity index (χ4v) is 1.38. The average Bonchev–Trinajstić information content (AvgIpc) is 2.34. The number of carboxylic acids is 1. The van der Waals surface area contributed by atoms with E-state index in [1.165, 1.54) is 0 Å². The third kappa shape index (κ3) is 1.48. The number of aliphatic carboxylic acids is 1. The van der Waals surface area contributed by atoms with Gasteiger partial charge in [-0.1, -0.05) is 0 Å². The Morgan fingerprint density at radius 2 is 2.30 bits per heavy atom. The van der Waals surface area contributed by atoms with Crippen molar-refractivity contribution in [3.63, 3.8) is 0 Å². The van der Waals surface area contributed by atoms with E-state index in [4.69, 9.17) is 9.84 Å². The third-order valence-corrected chi connectivity index (χ3v) is 2.07. The molecule has 58 valence electrons. The SMILES string of the molecule is CO[C@H]1CC[C@@H](C(=O)O)C1. The summed E-state index contributed by atoms with van der Waals surface area (Å²) in [6.07, 6.45) is 2.54.